The van der Waals surface area contributed by atoms with Crippen LogP contribution in [0.4, 0.5) is 11.4 Å². The number of carboxylic acids is 1. The molecule has 1 rings (SSSR count). The van der Waals surface area contributed by atoms with Crippen LogP contribution in [0.3, 0.4) is 0 Å². The lowest BCUT2D eigenvalue weighted by Gasteiger charge is -2.14. The number of primary amides is 1. The predicted octanol–water partition coefficient (Wildman–Crippen LogP) is 1.36. The van der Waals surface area contributed by atoms with E-state index >= 15 is 0 Å². The number of nitrogens with one attached hydrogen (secondary N) is 1. The van der Waals surface area contributed by atoms with Crippen molar-refractivity contribution in [2.24, 2.45) is 5.73 Å². The Morgan fingerprint density at radius 1 is 1.50 bits per heavy atom. The van der Waals surface area contributed by atoms with Crippen LogP contribution in [0.25, 0.3) is 0 Å². The number of aliphatic carboxylic acids is 1. The molecule has 0 bridgehead atoms. The molecule has 0 radical (unpaired) electrons. The van der Waals surface area contributed by atoms with Crippen molar-refractivity contribution in [1.82, 2.24) is 0 Å². The van der Waals surface area contributed by atoms with E-state index in [0.717, 1.165) is 0 Å². The van der Waals surface area contributed by atoms with Crippen molar-refractivity contribution in [3.63, 3.8) is 0 Å². The lowest BCUT2D eigenvalue weighted by atomic mass is 10.1. The van der Waals surface area contributed by atoms with Crippen molar-refractivity contribution in [3.8, 4) is 0 Å². The van der Waals surface area contributed by atoms with Gasteiger partial charge in [0.1, 0.15) is 5.69 Å². The van der Waals surface area contributed by atoms with Crippen molar-refractivity contribution in [2.75, 3.05) is 5.32 Å². The number of carboxylic acid groups (broad SMARTS) is 1. The lowest BCUT2D eigenvalue weighted by Crippen LogP contribution is -2.18. The molecule has 1 amide bonds. The molecular weight excluding hydrogens is 266 g/mol. The molecule has 0 heterocycles. The van der Waals surface area contributed by atoms with Gasteiger partial charge in [-0.15, -0.1) is 0 Å². The van der Waals surface area contributed by atoms with E-state index in [0.29, 0.717) is 6.42 Å². The van der Waals surface area contributed by atoms with Gasteiger partial charge in [0.25, 0.3) is 5.69 Å². The van der Waals surface area contributed by atoms with Crippen molar-refractivity contribution >= 4 is 23.3 Å². The zero-order valence-corrected chi connectivity index (χ0v) is 10.8. The Hall–Kier alpha value is -2.64. The van der Waals surface area contributed by atoms with E-state index in [9.17, 15) is 19.7 Å². The van der Waals surface area contributed by atoms with E-state index in [4.69, 9.17) is 10.8 Å². The normalized spacial score (nSPS) is 11.7. The highest BCUT2D eigenvalue weighted by Gasteiger charge is 2.17. The highest BCUT2D eigenvalue weighted by Crippen LogP contribution is 2.26. The first-order valence-electron chi connectivity index (χ1n) is 5.88. The van der Waals surface area contributed by atoms with Gasteiger partial charge < -0.3 is 16.2 Å². The highest BCUT2D eigenvalue weighted by molar-refractivity contribution is 5.94. The number of hydrogen-bond acceptors (Lipinski definition) is 5. The molecule has 8 heteroatoms. The minimum atomic E-state index is -0.945. The average Bonchev–Trinajstić information content (AvgIpc) is 2.35. The van der Waals surface area contributed by atoms with Gasteiger partial charge in [-0.25, -0.2) is 0 Å². The van der Waals surface area contributed by atoms with Crippen LogP contribution in [0, 0.1) is 10.1 Å². The summed E-state index contributed by atoms with van der Waals surface area (Å²) in [7, 11) is 0. The second-order valence-electron chi connectivity index (χ2n) is 4.33. The first-order chi connectivity index (χ1) is 9.31. The first-order valence-corrected chi connectivity index (χ1v) is 5.88. The summed E-state index contributed by atoms with van der Waals surface area (Å²) in [6.07, 6.45) is 0.241. The molecule has 108 valence electrons. The van der Waals surface area contributed by atoms with Gasteiger partial charge in [0, 0.05) is 24.1 Å². The maximum atomic E-state index is 11.1. The van der Waals surface area contributed by atoms with Crippen molar-refractivity contribution in [2.45, 2.75) is 25.8 Å². The number of anilines is 1. The predicted molar refractivity (Wildman–Crippen MR) is 71.6 cm³/mol. The van der Waals surface area contributed by atoms with E-state index in [1.807, 2.05) is 0 Å². The zero-order chi connectivity index (χ0) is 15.3. The molecule has 8 nitrogen and oxygen atoms in total. The molecule has 0 saturated carbocycles. The molecule has 1 aromatic rings. The first kappa shape index (κ1) is 15.4. The standard InChI is InChI=1S/C12H15N3O5/c1-7(2-5-11(16)17)14-9-6-8(12(13)18)3-4-10(9)15(19)20/h3-4,6-7,14H,2,5H2,1H3,(H2,13,18)(H,16,17). The number of carbonyl (C=O) groups excluding carboxylic acids is 1. The van der Waals surface area contributed by atoms with Crippen LogP contribution in [0.2, 0.25) is 0 Å². The molecule has 0 saturated heterocycles. The Bertz CT molecular complexity index is 544. The summed E-state index contributed by atoms with van der Waals surface area (Å²) in [6, 6.07) is 3.45. The monoisotopic (exact) mass is 281 g/mol. The fourth-order valence-electron chi connectivity index (χ4n) is 1.64. The lowest BCUT2D eigenvalue weighted by molar-refractivity contribution is -0.384. The van der Waals surface area contributed by atoms with Crippen molar-refractivity contribution in [1.29, 1.82) is 0 Å². The fraction of sp³-hybridized carbons (Fsp3) is 0.333. The molecule has 1 atom stereocenters. The van der Waals surface area contributed by atoms with Gasteiger partial charge in [0.15, 0.2) is 0 Å². The molecule has 0 fully saturated rings. The summed E-state index contributed by atoms with van der Waals surface area (Å²) in [5.74, 6) is -1.64. The maximum Gasteiger partial charge on any atom is 0.303 e. The van der Waals surface area contributed by atoms with E-state index in [2.05, 4.69) is 5.32 Å². The van der Waals surface area contributed by atoms with Crippen molar-refractivity contribution < 1.29 is 19.6 Å². The molecule has 0 aliphatic heterocycles. The summed E-state index contributed by atoms with van der Waals surface area (Å²) < 4.78 is 0. The largest absolute Gasteiger partial charge is 0.481 e. The molecular formula is C12H15N3O5. The molecule has 0 aliphatic rings. The second-order valence-corrected chi connectivity index (χ2v) is 4.33. The van der Waals surface area contributed by atoms with Crippen LogP contribution in [0.5, 0.6) is 0 Å². The number of nitrogens with zero attached hydrogens (tertiary/aromatic N) is 1. The SMILES string of the molecule is CC(CCC(=O)O)Nc1cc(C(N)=O)ccc1[N+](=O)[O-]. The van der Waals surface area contributed by atoms with E-state index < -0.39 is 16.8 Å². The number of nitro groups is 1. The van der Waals surface area contributed by atoms with Crippen LogP contribution in [-0.2, 0) is 4.79 Å². The minimum absolute atomic E-state index is 0.0581. The number of rotatable bonds is 7. The zero-order valence-electron chi connectivity index (χ0n) is 10.8. The van der Waals surface area contributed by atoms with Crippen LogP contribution < -0.4 is 11.1 Å². The van der Waals surface area contributed by atoms with Gasteiger partial charge >= 0.3 is 5.97 Å². The molecule has 20 heavy (non-hydrogen) atoms. The van der Waals surface area contributed by atoms with Gasteiger partial charge in [-0.2, -0.15) is 0 Å². The average molecular weight is 281 g/mol. The van der Waals surface area contributed by atoms with Gasteiger partial charge in [0.2, 0.25) is 5.91 Å². The summed E-state index contributed by atoms with van der Waals surface area (Å²) in [5.41, 5.74) is 5.21. The Labute approximate surface area is 114 Å². The number of carbonyl (C=O) groups is 2. The topological polar surface area (TPSA) is 136 Å². The second kappa shape index (κ2) is 6.50. The van der Waals surface area contributed by atoms with Gasteiger partial charge in [-0.3, -0.25) is 19.7 Å². The number of nitro benzene ring substituents is 1. The molecule has 0 aromatic heterocycles. The van der Waals surface area contributed by atoms with Crippen LogP contribution in [0.1, 0.15) is 30.1 Å². The van der Waals surface area contributed by atoms with Crippen LogP contribution in [0.15, 0.2) is 18.2 Å². The highest BCUT2D eigenvalue weighted by atomic mass is 16.6. The smallest absolute Gasteiger partial charge is 0.303 e. The van der Waals surface area contributed by atoms with E-state index in [1.54, 1.807) is 6.92 Å². The third-order valence-electron chi connectivity index (χ3n) is 2.67. The molecule has 0 spiro atoms. The third kappa shape index (κ3) is 4.23. The minimum Gasteiger partial charge on any atom is -0.481 e. The number of nitrogens with two attached hydrogens (primary N) is 1. The van der Waals surface area contributed by atoms with Gasteiger partial charge in [-0.1, -0.05) is 0 Å². The Kier molecular flexibility index (Phi) is 5.01. The summed E-state index contributed by atoms with van der Waals surface area (Å²) >= 11 is 0. The molecule has 0 aliphatic carbocycles. The summed E-state index contributed by atoms with van der Waals surface area (Å²) in [6.45, 7) is 1.70. The van der Waals surface area contributed by atoms with E-state index in [-0.39, 0.29) is 29.4 Å². The third-order valence-corrected chi connectivity index (χ3v) is 2.67. The molecule has 4 N–H and O–H groups in total. The number of hydrogen-bond donors (Lipinski definition) is 3. The maximum absolute atomic E-state index is 11.1. The van der Waals surface area contributed by atoms with Gasteiger partial charge in [0.05, 0.1) is 4.92 Å². The number of amides is 1. The summed E-state index contributed by atoms with van der Waals surface area (Å²) in [4.78, 5) is 31.9. The Morgan fingerprint density at radius 2 is 2.15 bits per heavy atom. The van der Waals surface area contributed by atoms with E-state index in [1.165, 1.54) is 18.2 Å². The fourth-order valence-corrected chi connectivity index (χ4v) is 1.64. The van der Waals surface area contributed by atoms with Crippen LogP contribution >= 0.6 is 0 Å². The molecule has 1 aromatic carbocycles. The van der Waals surface area contributed by atoms with Crippen molar-refractivity contribution in [3.05, 3.63) is 33.9 Å². The van der Waals surface area contributed by atoms with Gasteiger partial charge in [-0.05, 0) is 25.5 Å². The number of benzene rings is 1. The quantitative estimate of drug-likeness (QED) is 0.510. The Balaban J connectivity index is 2.95. The van der Waals surface area contributed by atoms with Crippen LogP contribution in [-0.4, -0.2) is 27.9 Å². The molecule has 1 unspecified atom stereocenters. The Morgan fingerprint density at radius 3 is 2.65 bits per heavy atom. The summed E-state index contributed by atoms with van der Waals surface area (Å²) in [5, 5.41) is 22.3.